The number of nitrogen functional groups attached to an aromatic ring is 1. The monoisotopic (exact) mass is 253 g/mol. The molecule has 2 heterocycles. The average molecular weight is 253 g/mol. The summed E-state index contributed by atoms with van der Waals surface area (Å²) in [6, 6.07) is 7.25. The number of anilines is 1. The van der Waals surface area contributed by atoms with Gasteiger partial charge in [-0.15, -0.1) is 0 Å². The van der Waals surface area contributed by atoms with E-state index in [9.17, 15) is 0 Å². The molecule has 0 spiro atoms. The van der Waals surface area contributed by atoms with Gasteiger partial charge in [-0.2, -0.15) is 4.98 Å². The van der Waals surface area contributed by atoms with Crippen LogP contribution in [0.5, 0.6) is 0 Å². The van der Waals surface area contributed by atoms with Crippen molar-refractivity contribution in [1.82, 2.24) is 20.1 Å². The van der Waals surface area contributed by atoms with E-state index in [0.29, 0.717) is 23.2 Å². The Labute approximate surface area is 109 Å². The Morgan fingerprint density at radius 1 is 1.11 bits per heavy atom. The van der Waals surface area contributed by atoms with E-state index in [1.54, 1.807) is 24.5 Å². The fourth-order valence-electron chi connectivity index (χ4n) is 1.61. The van der Waals surface area contributed by atoms with Gasteiger partial charge in [0.2, 0.25) is 11.6 Å². The van der Waals surface area contributed by atoms with Crippen molar-refractivity contribution in [2.75, 3.05) is 5.73 Å². The van der Waals surface area contributed by atoms with Gasteiger partial charge in [0, 0.05) is 23.6 Å². The zero-order chi connectivity index (χ0) is 13.2. The number of nitrogens with zero attached hydrogens (tertiary/aromatic N) is 4. The number of hydrogen-bond donors (Lipinski definition) is 1. The van der Waals surface area contributed by atoms with Gasteiger partial charge in [-0.3, -0.25) is 0 Å². The van der Waals surface area contributed by atoms with Gasteiger partial charge in [0.25, 0.3) is 5.89 Å². The van der Waals surface area contributed by atoms with Crippen molar-refractivity contribution in [2.45, 2.75) is 6.92 Å². The Hall–Kier alpha value is -2.76. The van der Waals surface area contributed by atoms with Gasteiger partial charge in [0.05, 0.1) is 0 Å². The van der Waals surface area contributed by atoms with Crippen LogP contribution in [-0.2, 0) is 0 Å². The Balaban J connectivity index is 1.97. The number of benzene rings is 1. The molecule has 19 heavy (non-hydrogen) atoms. The van der Waals surface area contributed by atoms with E-state index < -0.39 is 0 Å². The predicted octanol–water partition coefficient (Wildman–Crippen LogP) is 2.08. The van der Waals surface area contributed by atoms with Gasteiger partial charge in [-0.25, -0.2) is 9.97 Å². The number of aryl methyl sites for hydroxylation is 1. The summed E-state index contributed by atoms with van der Waals surface area (Å²) in [5.41, 5.74) is 8.10. The van der Waals surface area contributed by atoms with Crippen LogP contribution in [-0.4, -0.2) is 20.1 Å². The summed E-state index contributed by atoms with van der Waals surface area (Å²) < 4.78 is 5.19. The molecular weight excluding hydrogens is 242 g/mol. The molecule has 6 heteroatoms. The zero-order valence-electron chi connectivity index (χ0n) is 10.2. The predicted molar refractivity (Wildman–Crippen MR) is 69.9 cm³/mol. The van der Waals surface area contributed by atoms with Crippen molar-refractivity contribution >= 4 is 5.69 Å². The van der Waals surface area contributed by atoms with E-state index in [2.05, 4.69) is 20.1 Å². The molecule has 94 valence electrons. The number of nitrogens with two attached hydrogens (primary N) is 1. The minimum Gasteiger partial charge on any atom is -0.399 e. The van der Waals surface area contributed by atoms with E-state index >= 15 is 0 Å². The lowest BCUT2D eigenvalue weighted by Gasteiger charge is -1.95. The molecule has 2 aromatic heterocycles. The topological polar surface area (TPSA) is 90.7 Å². The Bertz CT molecular complexity index is 705. The van der Waals surface area contributed by atoms with Crippen molar-refractivity contribution in [3.05, 3.63) is 42.2 Å². The molecule has 2 N–H and O–H groups in total. The highest BCUT2D eigenvalue weighted by molar-refractivity contribution is 5.61. The smallest absolute Gasteiger partial charge is 0.258 e. The molecule has 0 bridgehead atoms. The molecule has 0 aliphatic rings. The van der Waals surface area contributed by atoms with Crippen molar-refractivity contribution < 1.29 is 4.52 Å². The maximum absolute atomic E-state index is 5.72. The van der Waals surface area contributed by atoms with E-state index in [4.69, 9.17) is 10.3 Å². The van der Waals surface area contributed by atoms with Gasteiger partial charge in [-0.05, 0) is 30.7 Å². The Morgan fingerprint density at radius 2 is 1.89 bits per heavy atom. The highest BCUT2D eigenvalue weighted by Gasteiger charge is 2.12. The SMILES string of the molecule is Cc1cnc(-c2noc(-c3cccc(N)c3)n2)nc1. The first-order valence-corrected chi connectivity index (χ1v) is 5.71. The number of hydrogen-bond acceptors (Lipinski definition) is 6. The van der Waals surface area contributed by atoms with Crippen LogP contribution >= 0.6 is 0 Å². The van der Waals surface area contributed by atoms with E-state index in [1.807, 2.05) is 19.1 Å². The highest BCUT2D eigenvalue weighted by Crippen LogP contribution is 2.21. The molecule has 0 atom stereocenters. The summed E-state index contributed by atoms with van der Waals surface area (Å²) in [5, 5.41) is 3.87. The summed E-state index contributed by atoms with van der Waals surface area (Å²) in [4.78, 5) is 12.6. The van der Waals surface area contributed by atoms with Crippen LogP contribution in [0, 0.1) is 6.92 Å². The molecule has 0 radical (unpaired) electrons. The molecule has 1 aromatic carbocycles. The van der Waals surface area contributed by atoms with Crippen LogP contribution in [0.15, 0.2) is 41.2 Å². The third-order valence-corrected chi connectivity index (χ3v) is 2.54. The lowest BCUT2D eigenvalue weighted by molar-refractivity contribution is 0.432. The van der Waals surface area contributed by atoms with Gasteiger partial charge in [0.15, 0.2) is 0 Å². The minimum absolute atomic E-state index is 0.359. The molecule has 3 aromatic rings. The summed E-state index contributed by atoms with van der Waals surface area (Å²) in [6.45, 7) is 1.91. The summed E-state index contributed by atoms with van der Waals surface area (Å²) in [5.74, 6) is 1.19. The van der Waals surface area contributed by atoms with Gasteiger partial charge >= 0.3 is 0 Å². The summed E-state index contributed by atoms with van der Waals surface area (Å²) in [6.07, 6.45) is 3.41. The van der Waals surface area contributed by atoms with E-state index in [-0.39, 0.29) is 0 Å². The quantitative estimate of drug-likeness (QED) is 0.703. The largest absolute Gasteiger partial charge is 0.399 e. The van der Waals surface area contributed by atoms with Crippen molar-refractivity contribution in [1.29, 1.82) is 0 Å². The van der Waals surface area contributed by atoms with Crippen molar-refractivity contribution in [3.63, 3.8) is 0 Å². The molecule has 0 saturated heterocycles. The fourth-order valence-corrected chi connectivity index (χ4v) is 1.61. The number of rotatable bonds is 2. The maximum Gasteiger partial charge on any atom is 0.258 e. The first-order valence-electron chi connectivity index (χ1n) is 5.71. The second-order valence-electron chi connectivity index (χ2n) is 4.13. The normalized spacial score (nSPS) is 10.6. The number of aromatic nitrogens is 4. The fraction of sp³-hybridized carbons (Fsp3) is 0.0769. The average Bonchev–Trinajstić information content (AvgIpc) is 2.89. The van der Waals surface area contributed by atoms with Gasteiger partial charge in [0.1, 0.15) is 0 Å². The van der Waals surface area contributed by atoms with Crippen LogP contribution in [0.2, 0.25) is 0 Å². The minimum atomic E-state index is 0.359. The Morgan fingerprint density at radius 3 is 2.63 bits per heavy atom. The lowest BCUT2D eigenvalue weighted by Crippen LogP contribution is -1.91. The molecule has 0 aliphatic carbocycles. The molecule has 3 rings (SSSR count). The van der Waals surface area contributed by atoms with E-state index in [0.717, 1.165) is 11.1 Å². The molecule has 0 fully saturated rings. The highest BCUT2D eigenvalue weighted by atomic mass is 16.5. The van der Waals surface area contributed by atoms with Gasteiger partial charge < -0.3 is 10.3 Å². The van der Waals surface area contributed by atoms with Crippen LogP contribution in [0.1, 0.15) is 5.56 Å². The summed E-state index contributed by atoms with van der Waals surface area (Å²) >= 11 is 0. The molecule has 0 saturated carbocycles. The van der Waals surface area contributed by atoms with Crippen LogP contribution in [0.4, 0.5) is 5.69 Å². The third kappa shape index (κ3) is 2.28. The molecule has 0 aliphatic heterocycles. The molecule has 0 unspecified atom stereocenters. The second-order valence-corrected chi connectivity index (χ2v) is 4.13. The Kier molecular flexibility index (Phi) is 2.68. The van der Waals surface area contributed by atoms with Crippen LogP contribution in [0.25, 0.3) is 23.1 Å². The summed E-state index contributed by atoms with van der Waals surface area (Å²) in [7, 11) is 0. The van der Waals surface area contributed by atoms with Crippen LogP contribution in [0.3, 0.4) is 0 Å². The van der Waals surface area contributed by atoms with Crippen LogP contribution < -0.4 is 5.73 Å². The zero-order valence-corrected chi connectivity index (χ0v) is 10.2. The second kappa shape index (κ2) is 4.49. The van der Waals surface area contributed by atoms with Gasteiger partial charge in [-0.1, -0.05) is 11.2 Å². The first-order chi connectivity index (χ1) is 9.22. The lowest BCUT2D eigenvalue weighted by atomic mass is 10.2. The third-order valence-electron chi connectivity index (χ3n) is 2.54. The maximum atomic E-state index is 5.72. The molecule has 0 amide bonds. The van der Waals surface area contributed by atoms with Crippen molar-refractivity contribution in [3.8, 4) is 23.1 Å². The standard InChI is InChI=1S/C13H11N5O/c1-8-6-15-11(16-7-8)12-17-13(19-18-12)9-3-2-4-10(14)5-9/h2-7H,14H2,1H3. The molecule has 6 nitrogen and oxygen atoms in total. The first kappa shape index (κ1) is 11.3. The van der Waals surface area contributed by atoms with E-state index in [1.165, 1.54) is 0 Å². The van der Waals surface area contributed by atoms with Crippen molar-refractivity contribution in [2.24, 2.45) is 0 Å². The molecular formula is C13H11N5O.